The molecule has 6 aromatic rings. The average molecular weight is 493 g/mol. The van der Waals surface area contributed by atoms with Crippen LogP contribution in [0.2, 0.25) is 0 Å². The zero-order chi connectivity index (χ0) is 24.1. The highest BCUT2D eigenvalue weighted by Crippen LogP contribution is 2.41. The Balaban J connectivity index is 1.69. The molecule has 0 radical (unpaired) electrons. The van der Waals surface area contributed by atoms with Crippen LogP contribution < -0.4 is 0 Å². The van der Waals surface area contributed by atoms with Gasteiger partial charge in [-0.2, -0.15) is 11.3 Å². The molecule has 0 aliphatic rings. The van der Waals surface area contributed by atoms with Gasteiger partial charge in [-0.3, -0.25) is 4.57 Å². The smallest absolute Gasteiger partial charge is 0.147 e. The Kier molecular flexibility index (Phi) is 5.58. The summed E-state index contributed by atoms with van der Waals surface area (Å²) in [5.74, 6) is 1.83. The van der Waals surface area contributed by atoms with Crippen LogP contribution in [-0.4, -0.2) is 9.55 Å². The lowest BCUT2D eigenvalue weighted by Gasteiger charge is -2.22. The Morgan fingerprint density at radius 3 is 2.26 bits per heavy atom. The molecule has 0 saturated heterocycles. The van der Waals surface area contributed by atoms with Crippen LogP contribution in [0, 0.1) is 0 Å². The van der Waals surface area contributed by atoms with Crippen molar-refractivity contribution in [2.75, 3.05) is 0 Å². The number of aromatic nitrogens is 2. The molecule has 0 atom stereocenters. The van der Waals surface area contributed by atoms with Crippen LogP contribution in [0.4, 0.5) is 0 Å². The van der Waals surface area contributed by atoms with Gasteiger partial charge in [-0.25, -0.2) is 4.98 Å². The number of benzene rings is 3. The van der Waals surface area contributed by atoms with Crippen LogP contribution in [0.3, 0.4) is 0 Å². The molecule has 0 saturated carbocycles. The van der Waals surface area contributed by atoms with Gasteiger partial charge in [0.2, 0.25) is 0 Å². The van der Waals surface area contributed by atoms with Gasteiger partial charge in [0, 0.05) is 21.0 Å². The molecule has 2 nitrogen and oxygen atoms in total. The van der Waals surface area contributed by atoms with E-state index in [-0.39, 0.29) is 0 Å². The number of imidazole rings is 1. The van der Waals surface area contributed by atoms with Gasteiger partial charge in [0.15, 0.2) is 0 Å². The topological polar surface area (TPSA) is 17.8 Å². The van der Waals surface area contributed by atoms with Gasteiger partial charge in [-0.1, -0.05) is 64.1 Å². The second kappa shape index (κ2) is 8.78. The number of para-hydroxylation sites is 3. The van der Waals surface area contributed by atoms with E-state index in [2.05, 4.69) is 115 Å². The van der Waals surface area contributed by atoms with E-state index in [4.69, 9.17) is 4.98 Å². The zero-order valence-corrected chi connectivity index (χ0v) is 22.1. The zero-order valence-electron chi connectivity index (χ0n) is 20.4. The molecule has 0 amide bonds. The van der Waals surface area contributed by atoms with E-state index in [1.165, 1.54) is 43.6 Å². The Labute approximate surface area is 214 Å². The number of rotatable bonds is 5. The van der Waals surface area contributed by atoms with Crippen molar-refractivity contribution in [2.24, 2.45) is 0 Å². The first kappa shape index (κ1) is 22.3. The van der Waals surface area contributed by atoms with Gasteiger partial charge in [0.1, 0.15) is 5.82 Å². The standard InChI is InChI=1S/C31H28N2S2/c1-19(2)23-8-7-9-24(20(3)4)30(23)33-28-11-6-5-10-27(28)32-31(33)26-18-35-29-13-12-21(16-25(26)29)22-14-15-34-17-22/h5-20H,1-4H3. The molecule has 6 rings (SSSR count). The van der Waals surface area contributed by atoms with E-state index in [1.54, 1.807) is 22.7 Å². The Morgan fingerprint density at radius 2 is 1.54 bits per heavy atom. The quantitative estimate of drug-likeness (QED) is 0.234. The number of hydrogen-bond acceptors (Lipinski definition) is 3. The highest BCUT2D eigenvalue weighted by atomic mass is 32.1. The van der Waals surface area contributed by atoms with Gasteiger partial charge in [0.25, 0.3) is 0 Å². The van der Waals surface area contributed by atoms with E-state index in [0.29, 0.717) is 11.8 Å². The Morgan fingerprint density at radius 1 is 0.771 bits per heavy atom. The monoisotopic (exact) mass is 492 g/mol. The SMILES string of the molecule is CC(C)c1cccc(C(C)C)c1-n1c(-c2csc3ccc(-c4ccsc4)cc23)nc2ccccc21. The second-order valence-electron chi connectivity index (χ2n) is 9.73. The van der Waals surface area contributed by atoms with Gasteiger partial charge in [-0.15, -0.1) is 11.3 Å². The summed E-state index contributed by atoms with van der Waals surface area (Å²) in [6.45, 7) is 9.15. The van der Waals surface area contributed by atoms with Gasteiger partial charge < -0.3 is 0 Å². The highest BCUT2D eigenvalue weighted by Gasteiger charge is 2.23. The molecule has 0 aliphatic carbocycles. The van der Waals surface area contributed by atoms with E-state index in [9.17, 15) is 0 Å². The molecule has 0 N–H and O–H groups in total. The van der Waals surface area contributed by atoms with Gasteiger partial charge >= 0.3 is 0 Å². The third-order valence-electron chi connectivity index (χ3n) is 6.80. The second-order valence-corrected chi connectivity index (χ2v) is 11.4. The van der Waals surface area contributed by atoms with Crippen molar-refractivity contribution >= 4 is 43.8 Å². The summed E-state index contributed by atoms with van der Waals surface area (Å²) in [5.41, 5.74) is 9.93. The largest absolute Gasteiger partial charge is 0.292 e. The molecule has 0 spiro atoms. The molecule has 0 bridgehead atoms. The maximum atomic E-state index is 5.25. The fraction of sp³-hybridized carbons (Fsp3) is 0.194. The molecule has 4 heteroatoms. The lowest BCUT2D eigenvalue weighted by molar-refractivity contribution is 0.811. The first-order valence-corrected chi connectivity index (χ1v) is 14.0. The lowest BCUT2D eigenvalue weighted by atomic mass is 9.92. The van der Waals surface area contributed by atoms with Gasteiger partial charge in [-0.05, 0) is 75.2 Å². The molecule has 3 aromatic carbocycles. The predicted octanol–water partition coefficient (Wildman–Crippen LogP) is 9.88. The fourth-order valence-electron chi connectivity index (χ4n) is 5.01. The van der Waals surface area contributed by atoms with Gasteiger partial charge in [0.05, 0.1) is 16.7 Å². The minimum absolute atomic E-state index is 0.405. The van der Waals surface area contributed by atoms with Crippen molar-refractivity contribution in [3.05, 3.63) is 94.0 Å². The predicted molar refractivity (Wildman–Crippen MR) is 153 cm³/mol. The molecular formula is C31H28N2S2. The van der Waals surface area contributed by atoms with E-state index < -0.39 is 0 Å². The van der Waals surface area contributed by atoms with Crippen molar-refractivity contribution in [3.63, 3.8) is 0 Å². The summed E-state index contributed by atoms with van der Waals surface area (Å²) < 4.78 is 3.72. The first-order valence-electron chi connectivity index (χ1n) is 12.2. The molecular weight excluding hydrogens is 464 g/mol. The average Bonchev–Trinajstić information content (AvgIpc) is 3.61. The Hall–Kier alpha value is -3.21. The summed E-state index contributed by atoms with van der Waals surface area (Å²) in [7, 11) is 0. The van der Waals surface area contributed by atoms with Crippen LogP contribution in [-0.2, 0) is 0 Å². The third kappa shape index (κ3) is 3.72. The van der Waals surface area contributed by atoms with Crippen molar-refractivity contribution in [3.8, 4) is 28.2 Å². The molecule has 3 heterocycles. The van der Waals surface area contributed by atoms with E-state index in [1.807, 2.05) is 0 Å². The summed E-state index contributed by atoms with van der Waals surface area (Å²) in [4.78, 5) is 5.25. The van der Waals surface area contributed by atoms with Crippen molar-refractivity contribution in [1.29, 1.82) is 0 Å². The number of nitrogens with zero attached hydrogens (tertiary/aromatic N) is 2. The highest BCUT2D eigenvalue weighted by molar-refractivity contribution is 7.17. The van der Waals surface area contributed by atoms with E-state index >= 15 is 0 Å². The lowest BCUT2D eigenvalue weighted by Crippen LogP contribution is -2.08. The van der Waals surface area contributed by atoms with E-state index in [0.717, 1.165) is 16.9 Å². The number of hydrogen-bond donors (Lipinski definition) is 0. The maximum absolute atomic E-state index is 5.25. The molecule has 0 unspecified atom stereocenters. The summed E-state index contributed by atoms with van der Waals surface area (Å²) >= 11 is 3.54. The van der Waals surface area contributed by atoms with Crippen LogP contribution in [0.15, 0.2) is 82.9 Å². The first-order chi connectivity index (χ1) is 17.0. The molecule has 174 valence electrons. The Bertz CT molecular complexity index is 1620. The summed E-state index contributed by atoms with van der Waals surface area (Å²) in [6, 6.07) is 24.3. The number of thiophene rings is 2. The van der Waals surface area contributed by atoms with Crippen molar-refractivity contribution in [2.45, 2.75) is 39.5 Å². The third-order valence-corrected chi connectivity index (χ3v) is 8.44. The molecule has 0 fully saturated rings. The van der Waals surface area contributed by atoms with Crippen LogP contribution in [0.5, 0.6) is 0 Å². The minimum Gasteiger partial charge on any atom is -0.292 e. The summed E-state index contributed by atoms with van der Waals surface area (Å²) in [6.07, 6.45) is 0. The van der Waals surface area contributed by atoms with Crippen molar-refractivity contribution < 1.29 is 0 Å². The van der Waals surface area contributed by atoms with Crippen LogP contribution in [0.1, 0.15) is 50.7 Å². The minimum atomic E-state index is 0.405. The maximum Gasteiger partial charge on any atom is 0.147 e. The molecule has 35 heavy (non-hydrogen) atoms. The molecule has 3 aromatic heterocycles. The van der Waals surface area contributed by atoms with Crippen LogP contribution in [0.25, 0.3) is 49.3 Å². The molecule has 0 aliphatic heterocycles. The fourth-order valence-corrected chi connectivity index (χ4v) is 6.60. The van der Waals surface area contributed by atoms with Crippen LogP contribution >= 0.6 is 22.7 Å². The normalized spacial score (nSPS) is 11.9. The van der Waals surface area contributed by atoms with Crippen molar-refractivity contribution in [1.82, 2.24) is 9.55 Å². The number of fused-ring (bicyclic) bond motifs is 2. The summed E-state index contributed by atoms with van der Waals surface area (Å²) in [5, 5.41) is 7.91.